The van der Waals surface area contributed by atoms with Crippen molar-refractivity contribution in [1.82, 2.24) is 0 Å². The van der Waals surface area contributed by atoms with E-state index in [0.717, 1.165) is 38.5 Å². The molecule has 0 saturated carbocycles. The normalized spacial score (nSPS) is 9.16. The monoisotopic (exact) mass is 758 g/mol. The summed E-state index contributed by atoms with van der Waals surface area (Å²) in [6.07, 6.45) is 8.18. The number of hydrogen-bond donors (Lipinski definition) is 0. The van der Waals surface area contributed by atoms with E-state index in [4.69, 9.17) is 0 Å². The SMILES string of the molecule is O=C([O-])CCCCCCC(=O)[O-].O=C([O-])CCCCCCC(=O)[O-].O=C([O-])CCCCCCC(=O)[O-].[Sb+3].[Sb+3]. The minimum Gasteiger partial charge on any atom is -0.550 e. The third kappa shape index (κ3) is 59.5. The summed E-state index contributed by atoms with van der Waals surface area (Å²) < 4.78 is 0. The maximum atomic E-state index is 9.92. The Morgan fingerprint density at radius 3 is 0.447 bits per heavy atom. The Morgan fingerprint density at radius 2 is 0.368 bits per heavy atom. The van der Waals surface area contributed by atoms with Crippen molar-refractivity contribution in [1.29, 1.82) is 0 Å². The molecule has 0 rings (SSSR count). The summed E-state index contributed by atoms with van der Waals surface area (Å²) in [6, 6.07) is 0. The third-order valence-electron chi connectivity index (χ3n) is 4.54. The van der Waals surface area contributed by atoms with Gasteiger partial charge in [0, 0.05) is 35.8 Å². The molecule has 0 unspecified atom stereocenters. The number of carboxylic acid groups (broad SMARTS) is 6. The number of carbonyl (C=O) groups excluding carboxylic acids is 6. The van der Waals surface area contributed by atoms with Crippen LogP contribution in [0.25, 0.3) is 0 Å². The molecule has 38 heavy (non-hydrogen) atoms. The van der Waals surface area contributed by atoms with Crippen LogP contribution in [0.15, 0.2) is 0 Å². The number of hydrogen-bond acceptors (Lipinski definition) is 12. The molecule has 0 amide bonds. The van der Waals surface area contributed by atoms with Gasteiger partial charge < -0.3 is 59.4 Å². The molecule has 0 aliphatic rings. The van der Waals surface area contributed by atoms with E-state index in [1.807, 2.05) is 0 Å². The summed E-state index contributed by atoms with van der Waals surface area (Å²) in [6.45, 7) is 0. The number of rotatable bonds is 21. The molecule has 12 nitrogen and oxygen atoms in total. The average Bonchev–Trinajstić information content (AvgIpc) is 2.75. The molecule has 0 aromatic carbocycles. The van der Waals surface area contributed by atoms with Crippen LogP contribution in [-0.4, -0.2) is 84.7 Å². The van der Waals surface area contributed by atoms with Gasteiger partial charge in [-0.2, -0.15) is 0 Å². The van der Waals surface area contributed by atoms with Gasteiger partial charge in [-0.15, -0.1) is 0 Å². The molecule has 214 valence electrons. The molecule has 0 saturated heterocycles. The van der Waals surface area contributed by atoms with Crippen molar-refractivity contribution in [2.75, 3.05) is 0 Å². The first kappa shape index (κ1) is 46.3. The third-order valence-corrected chi connectivity index (χ3v) is 4.54. The molecular weight excluding hydrogens is 724 g/mol. The fourth-order valence-corrected chi connectivity index (χ4v) is 2.68. The second kappa shape index (κ2) is 35.5. The van der Waals surface area contributed by atoms with Gasteiger partial charge in [0.1, 0.15) is 0 Å². The first-order valence-electron chi connectivity index (χ1n) is 12.1. The van der Waals surface area contributed by atoms with Crippen molar-refractivity contribution < 1.29 is 59.4 Å². The van der Waals surface area contributed by atoms with E-state index >= 15 is 0 Å². The van der Waals surface area contributed by atoms with E-state index in [1.165, 1.54) is 0 Å². The smallest absolute Gasteiger partial charge is 0.550 e. The zero-order valence-corrected chi connectivity index (χ0v) is 26.6. The van der Waals surface area contributed by atoms with E-state index in [2.05, 4.69) is 0 Å². The van der Waals surface area contributed by atoms with Crippen LogP contribution in [0.2, 0.25) is 0 Å². The summed E-state index contributed by atoms with van der Waals surface area (Å²) in [7, 11) is 0. The van der Waals surface area contributed by atoms with Crippen molar-refractivity contribution in [2.24, 2.45) is 0 Å². The van der Waals surface area contributed by atoms with Gasteiger partial charge in [-0.05, 0) is 77.0 Å². The van der Waals surface area contributed by atoms with Crippen LogP contribution in [0.3, 0.4) is 0 Å². The molecule has 0 aromatic rings. The van der Waals surface area contributed by atoms with Crippen molar-refractivity contribution in [3.63, 3.8) is 0 Å². The quantitative estimate of drug-likeness (QED) is 0.0798. The van der Waals surface area contributed by atoms with Gasteiger partial charge in [-0.3, -0.25) is 0 Å². The Hall–Kier alpha value is -1.54. The zero-order valence-electron chi connectivity index (χ0n) is 21.5. The van der Waals surface area contributed by atoms with Gasteiger partial charge in [-0.1, -0.05) is 38.5 Å². The maximum absolute atomic E-state index is 9.92. The molecule has 0 spiro atoms. The Morgan fingerprint density at radius 1 is 0.263 bits per heavy atom. The molecule has 0 bridgehead atoms. The second-order valence-corrected chi connectivity index (χ2v) is 7.97. The fourth-order valence-electron chi connectivity index (χ4n) is 2.68. The van der Waals surface area contributed by atoms with Crippen LogP contribution in [-0.2, 0) is 28.8 Å². The van der Waals surface area contributed by atoms with Crippen LogP contribution in [0.5, 0.6) is 0 Å². The van der Waals surface area contributed by atoms with Gasteiger partial charge in [-0.25, -0.2) is 0 Å². The minimum absolute atomic E-state index is 0. The van der Waals surface area contributed by atoms with Gasteiger partial charge in [0.2, 0.25) is 0 Å². The topological polar surface area (TPSA) is 241 Å². The summed E-state index contributed by atoms with van der Waals surface area (Å²) in [5, 5.41) is 59.5. The predicted octanol–water partition coefficient (Wildman–Crippen LogP) is -4.28. The summed E-state index contributed by atoms with van der Waals surface area (Å²) >= 11 is 0. The molecule has 0 N–H and O–H groups in total. The summed E-state index contributed by atoms with van der Waals surface area (Å²) in [5.74, 6) is -6.28. The molecule has 4 radical (unpaired) electrons. The van der Waals surface area contributed by atoms with E-state index in [-0.39, 0.29) is 87.4 Å². The Labute approximate surface area is 258 Å². The minimum atomic E-state index is -1.05. The molecule has 0 atom stereocenters. The number of carbonyl (C=O) groups is 6. The number of aliphatic carboxylic acids is 6. The molecule has 0 fully saturated rings. The van der Waals surface area contributed by atoms with Crippen LogP contribution in [0, 0.1) is 0 Å². The van der Waals surface area contributed by atoms with Gasteiger partial charge >= 0.3 is 48.9 Å². The van der Waals surface area contributed by atoms with Crippen molar-refractivity contribution >= 4 is 84.7 Å². The van der Waals surface area contributed by atoms with E-state index in [9.17, 15) is 59.4 Å². The standard InChI is InChI=1S/3C8H14O4.2Sb/c3*9-7(10)5-3-1-2-4-6-8(11)12;;/h3*1-6H2,(H,9,10)(H,11,12);;/q;;;2*+3/p-6. The van der Waals surface area contributed by atoms with Gasteiger partial charge in [0.05, 0.1) is 0 Å². The summed E-state index contributed by atoms with van der Waals surface area (Å²) in [4.78, 5) is 59.5. The Kier molecular flexibility index (Phi) is 43.2. The maximum Gasteiger partial charge on any atom is 3.00 e. The average molecular weight is 760 g/mol. The summed E-state index contributed by atoms with van der Waals surface area (Å²) in [5.41, 5.74) is 0. The number of unbranched alkanes of at least 4 members (excludes halogenated alkanes) is 9. The van der Waals surface area contributed by atoms with Gasteiger partial charge in [0.25, 0.3) is 0 Å². The van der Waals surface area contributed by atoms with Gasteiger partial charge in [0.15, 0.2) is 0 Å². The number of carboxylic acids is 6. The zero-order chi connectivity index (χ0) is 28.2. The van der Waals surface area contributed by atoms with Crippen LogP contribution in [0.1, 0.15) is 116 Å². The fraction of sp³-hybridized carbons (Fsp3) is 0.750. The predicted molar refractivity (Wildman–Crippen MR) is 125 cm³/mol. The molecule has 0 aromatic heterocycles. The first-order chi connectivity index (χ1) is 16.9. The van der Waals surface area contributed by atoms with E-state index < -0.39 is 35.8 Å². The molecule has 0 aliphatic carbocycles. The van der Waals surface area contributed by atoms with Crippen LogP contribution >= 0.6 is 0 Å². The largest absolute Gasteiger partial charge is 3.00 e. The molecule has 0 aliphatic heterocycles. The van der Waals surface area contributed by atoms with Crippen LogP contribution in [0.4, 0.5) is 0 Å². The Balaban J connectivity index is -0.000000140. The molecular formula is C24H36O12Sb2. The second-order valence-electron chi connectivity index (χ2n) is 7.97. The molecule has 14 heteroatoms. The molecule has 0 heterocycles. The van der Waals surface area contributed by atoms with E-state index in [0.29, 0.717) is 38.5 Å². The first-order valence-corrected chi connectivity index (χ1v) is 12.1. The Bertz CT molecular complexity index is 502. The van der Waals surface area contributed by atoms with Crippen molar-refractivity contribution in [2.45, 2.75) is 116 Å². The van der Waals surface area contributed by atoms with Crippen molar-refractivity contribution in [3.8, 4) is 0 Å². The van der Waals surface area contributed by atoms with Crippen LogP contribution < -0.4 is 30.6 Å². The van der Waals surface area contributed by atoms with E-state index in [1.54, 1.807) is 0 Å². The van der Waals surface area contributed by atoms with Crippen molar-refractivity contribution in [3.05, 3.63) is 0 Å².